The molecule has 0 aliphatic rings. The first-order valence-electron chi connectivity index (χ1n) is 5.77. The van der Waals surface area contributed by atoms with Crippen LogP contribution in [0, 0.1) is 5.95 Å². The lowest BCUT2D eigenvalue weighted by Crippen LogP contribution is -2.40. The van der Waals surface area contributed by atoms with Gasteiger partial charge in [-0.15, -0.1) is 0 Å². The molecule has 1 heterocycles. The maximum Gasteiger partial charge on any atom is 0.326 e. The smallest absolute Gasteiger partial charge is 0.326 e. The van der Waals surface area contributed by atoms with Crippen LogP contribution in [-0.4, -0.2) is 39.1 Å². The fraction of sp³-hybridized carbons (Fsp3) is 0.333. The van der Waals surface area contributed by atoms with E-state index in [0.29, 0.717) is 0 Å². The number of pyridine rings is 1. The number of carboxylic acids is 2. The summed E-state index contributed by atoms with van der Waals surface area (Å²) in [5, 5.41) is 19.6. The SMILES string of the molecule is O=C(O)CCC[C@@H](NC(=O)c1ccnc(F)c1)C(=O)O. The van der Waals surface area contributed by atoms with Crippen LogP contribution in [0.15, 0.2) is 18.3 Å². The molecule has 0 saturated heterocycles. The number of carboxylic acid groups (broad SMARTS) is 2. The van der Waals surface area contributed by atoms with E-state index < -0.39 is 29.8 Å². The van der Waals surface area contributed by atoms with E-state index in [9.17, 15) is 18.8 Å². The minimum Gasteiger partial charge on any atom is -0.481 e. The van der Waals surface area contributed by atoms with Gasteiger partial charge in [0.25, 0.3) is 5.91 Å². The molecule has 20 heavy (non-hydrogen) atoms. The van der Waals surface area contributed by atoms with E-state index in [1.54, 1.807) is 0 Å². The molecule has 8 heteroatoms. The molecule has 0 radical (unpaired) electrons. The quantitative estimate of drug-likeness (QED) is 0.633. The van der Waals surface area contributed by atoms with Gasteiger partial charge in [0, 0.05) is 24.2 Å². The highest BCUT2D eigenvalue weighted by molar-refractivity contribution is 5.96. The summed E-state index contributed by atoms with van der Waals surface area (Å²) in [4.78, 5) is 36.3. The van der Waals surface area contributed by atoms with Gasteiger partial charge in [0.05, 0.1) is 0 Å². The van der Waals surface area contributed by atoms with Crippen LogP contribution >= 0.6 is 0 Å². The number of carbonyl (C=O) groups excluding carboxylic acids is 1. The molecular weight excluding hydrogens is 271 g/mol. The summed E-state index contributed by atoms with van der Waals surface area (Å²) in [7, 11) is 0. The van der Waals surface area contributed by atoms with Gasteiger partial charge in [0.15, 0.2) is 0 Å². The van der Waals surface area contributed by atoms with Crippen molar-refractivity contribution >= 4 is 17.8 Å². The first kappa shape index (κ1) is 15.5. The number of nitrogens with zero attached hydrogens (tertiary/aromatic N) is 1. The van der Waals surface area contributed by atoms with E-state index in [0.717, 1.165) is 12.3 Å². The van der Waals surface area contributed by atoms with Gasteiger partial charge in [-0.2, -0.15) is 4.39 Å². The van der Waals surface area contributed by atoms with Crippen LogP contribution in [0.1, 0.15) is 29.6 Å². The Morgan fingerprint density at radius 2 is 2.05 bits per heavy atom. The molecule has 1 atom stereocenters. The summed E-state index contributed by atoms with van der Waals surface area (Å²) in [5.74, 6) is -3.93. The van der Waals surface area contributed by atoms with Crippen molar-refractivity contribution in [1.82, 2.24) is 10.3 Å². The molecular formula is C12H13FN2O5. The average Bonchev–Trinajstić information content (AvgIpc) is 2.36. The van der Waals surface area contributed by atoms with Crippen LogP contribution in [-0.2, 0) is 9.59 Å². The van der Waals surface area contributed by atoms with E-state index in [-0.39, 0.29) is 24.8 Å². The van der Waals surface area contributed by atoms with Crippen molar-refractivity contribution in [3.63, 3.8) is 0 Å². The third-order valence-electron chi connectivity index (χ3n) is 2.48. The van der Waals surface area contributed by atoms with Crippen LogP contribution in [0.3, 0.4) is 0 Å². The highest BCUT2D eigenvalue weighted by Gasteiger charge is 2.20. The molecule has 0 saturated carbocycles. The molecule has 0 aliphatic heterocycles. The summed E-state index contributed by atoms with van der Waals surface area (Å²) >= 11 is 0. The summed E-state index contributed by atoms with van der Waals surface area (Å²) in [6.07, 6.45) is 0.978. The molecule has 1 aromatic heterocycles. The summed E-state index contributed by atoms with van der Waals surface area (Å²) in [6, 6.07) is 0.901. The van der Waals surface area contributed by atoms with Gasteiger partial charge in [0.1, 0.15) is 6.04 Å². The number of amides is 1. The Morgan fingerprint density at radius 1 is 1.35 bits per heavy atom. The van der Waals surface area contributed by atoms with E-state index >= 15 is 0 Å². The van der Waals surface area contributed by atoms with Gasteiger partial charge in [-0.05, 0) is 18.9 Å². The van der Waals surface area contributed by atoms with Crippen molar-refractivity contribution in [3.8, 4) is 0 Å². The lowest BCUT2D eigenvalue weighted by molar-refractivity contribution is -0.140. The molecule has 1 amide bonds. The second-order valence-corrected chi connectivity index (χ2v) is 4.02. The van der Waals surface area contributed by atoms with Crippen molar-refractivity contribution < 1.29 is 29.0 Å². The zero-order chi connectivity index (χ0) is 15.1. The number of aliphatic carboxylic acids is 2. The third kappa shape index (κ3) is 5.01. The Morgan fingerprint density at radius 3 is 2.60 bits per heavy atom. The average molecular weight is 284 g/mol. The van der Waals surface area contributed by atoms with Crippen molar-refractivity contribution in [1.29, 1.82) is 0 Å². The number of halogens is 1. The van der Waals surface area contributed by atoms with E-state index in [4.69, 9.17) is 10.2 Å². The fourth-order valence-corrected chi connectivity index (χ4v) is 1.50. The molecule has 1 rings (SSSR count). The maximum atomic E-state index is 12.8. The van der Waals surface area contributed by atoms with E-state index in [1.165, 1.54) is 6.07 Å². The van der Waals surface area contributed by atoms with Gasteiger partial charge >= 0.3 is 11.9 Å². The Bertz CT molecular complexity index is 520. The molecule has 1 aromatic rings. The first-order chi connectivity index (χ1) is 9.40. The van der Waals surface area contributed by atoms with Gasteiger partial charge in [-0.3, -0.25) is 9.59 Å². The Labute approximate surface area is 113 Å². The minimum absolute atomic E-state index is 0.0268. The summed E-state index contributed by atoms with van der Waals surface area (Å²) in [6.45, 7) is 0. The molecule has 0 spiro atoms. The molecule has 0 aromatic carbocycles. The lowest BCUT2D eigenvalue weighted by atomic mass is 10.1. The largest absolute Gasteiger partial charge is 0.481 e. The number of hydrogen-bond acceptors (Lipinski definition) is 4. The van der Waals surface area contributed by atoms with Crippen molar-refractivity contribution in [2.45, 2.75) is 25.3 Å². The van der Waals surface area contributed by atoms with Crippen molar-refractivity contribution in [3.05, 3.63) is 29.8 Å². The summed E-state index contributed by atoms with van der Waals surface area (Å²) < 4.78 is 12.8. The Balaban J connectivity index is 2.63. The van der Waals surface area contributed by atoms with Crippen LogP contribution in [0.4, 0.5) is 4.39 Å². The molecule has 0 aliphatic carbocycles. The van der Waals surface area contributed by atoms with Crippen LogP contribution in [0.25, 0.3) is 0 Å². The zero-order valence-corrected chi connectivity index (χ0v) is 10.4. The number of hydrogen-bond donors (Lipinski definition) is 3. The van der Waals surface area contributed by atoms with E-state index in [2.05, 4.69) is 10.3 Å². The Hall–Kier alpha value is -2.51. The van der Waals surface area contributed by atoms with Gasteiger partial charge < -0.3 is 15.5 Å². The minimum atomic E-state index is -1.28. The van der Waals surface area contributed by atoms with Crippen LogP contribution in [0.2, 0.25) is 0 Å². The van der Waals surface area contributed by atoms with Gasteiger partial charge in [-0.1, -0.05) is 0 Å². The number of nitrogens with one attached hydrogen (secondary N) is 1. The normalized spacial score (nSPS) is 11.7. The second kappa shape index (κ2) is 7.17. The van der Waals surface area contributed by atoms with Gasteiger partial charge in [0.2, 0.25) is 5.95 Å². The number of aromatic nitrogens is 1. The standard InChI is InChI=1S/C12H13FN2O5/c13-9-6-7(4-5-14-9)11(18)15-8(12(19)20)2-1-3-10(16)17/h4-6,8H,1-3H2,(H,15,18)(H,16,17)(H,19,20)/t8-/m1/s1. The topological polar surface area (TPSA) is 117 Å². The number of carbonyl (C=O) groups is 3. The first-order valence-corrected chi connectivity index (χ1v) is 5.77. The molecule has 108 valence electrons. The maximum absolute atomic E-state index is 12.8. The molecule has 0 bridgehead atoms. The molecule has 0 unspecified atom stereocenters. The zero-order valence-electron chi connectivity index (χ0n) is 10.4. The monoisotopic (exact) mass is 284 g/mol. The third-order valence-corrected chi connectivity index (χ3v) is 2.48. The van der Waals surface area contributed by atoms with Crippen molar-refractivity contribution in [2.75, 3.05) is 0 Å². The number of rotatable bonds is 7. The predicted octanol–water partition coefficient (Wildman–Crippen LogP) is 0.659. The Kier molecular flexibility index (Phi) is 5.57. The van der Waals surface area contributed by atoms with E-state index in [1.807, 2.05) is 0 Å². The molecule has 7 nitrogen and oxygen atoms in total. The van der Waals surface area contributed by atoms with Gasteiger partial charge in [-0.25, -0.2) is 9.78 Å². The van der Waals surface area contributed by atoms with Crippen LogP contribution in [0.5, 0.6) is 0 Å². The molecule has 3 N–H and O–H groups in total. The fourth-order valence-electron chi connectivity index (χ4n) is 1.50. The predicted molar refractivity (Wildman–Crippen MR) is 64.6 cm³/mol. The molecule has 0 fully saturated rings. The van der Waals surface area contributed by atoms with Crippen LogP contribution < -0.4 is 5.32 Å². The highest BCUT2D eigenvalue weighted by atomic mass is 19.1. The summed E-state index contributed by atoms with van der Waals surface area (Å²) in [5.41, 5.74) is -0.0537. The second-order valence-electron chi connectivity index (χ2n) is 4.02. The highest BCUT2D eigenvalue weighted by Crippen LogP contribution is 2.05. The lowest BCUT2D eigenvalue weighted by Gasteiger charge is -2.13. The van der Waals surface area contributed by atoms with Crippen molar-refractivity contribution in [2.24, 2.45) is 0 Å².